The molecule has 0 radical (unpaired) electrons. The molecule has 0 saturated carbocycles. The first kappa shape index (κ1) is 20.7. The van der Waals surface area contributed by atoms with Crippen LogP contribution in [0.25, 0.3) is 11.1 Å². The van der Waals surface area contributed by atoms with Gasteiger partial charge in [-0.15, -0.1) is 0 Å². The molecule has 1 unspecified atom stereocenters. The van der Waals surface area contributed by atoms with Crippen LogP contribution in [0, 0.1) is 0 Å². The summed E-state index contributed by atoms with van der Waals surface area (Å²) in [6, 6.07) is 27.9. The Bertz CT molecular complexity index is 1370. The van der Waals surface area contributed by atoms with Crippen molar-refractivity contribution in [2.45, 2.75) is 38.3 Å². The van der Waals surface area contributed by atoms with Gasteiger partial charge in [0.25, 0.3) is 0 Å². The molecule has 1 aromatic heterocycles. The van der Waals surface area contributed by atoms with Crippen LogP contribution in [0.1, 0.15) is 32.3 Å². The molecule has 2 aliphatic heterocycles. The first-order valence-corrected chi connectivity index (χ1v) is 12.0. The summed E-state index contributed by atoms with van der Waals surface area (Å²) in [7, 11) is 0. The van der Waals surface area contributed by atoms with Crippen LogP contribution < -0.4 is 9.80 Å². The highest BCUT2D eigenvalue weighted by atomic mass is 15.5. The van der Waals surface area contributed by atoms with Crippen LogP contribution in [-0.2, 0) is 5.41 Å². The summed E-state index contributed by atoms with van der Waals surface area (Å²) in [6.45, 7) is 9.33. The van der Waals surface area contributed by atoms with Crippen LogP contribution in [-0.4, -0.2) is 16.1 Å². The minimum absolute atomic E-state index is 0.0999. The summed E-state index contributed by atoms with van der Waals surface area (Å²) in [4.78, 5) is 14.4. The number of para-hydroxylation sites is 2. The predicted octanol–water partition coefficient (Wildman–Crippen LogP) is 7.39. The third-order valence-electron chi connectivity index (χ3n) is 7.67. The maximum atomic E-state index is 4.86. The van der Waals surface area contributed by atoms with E-state index in [4.69, 9.17) is 16.5 Å². The lowest BCUT2D eigenvalue weighted by molar-refractivity contribution is 0.425. The predicted molar refractivity (Wildman–Crippen MR) is 140 cm³/mol. The zero-order valence-corrected chi connectivity index (χ0v) is 19.6. The number of hydrogen-bond acceptors (Lipinski definition) is 4. The van der Waals surface area contributed by atoms with E-state index in [0.29, 0.717) is 0 Å². The van der Waals surface area contributed by atoms with Gasteiger partial charge >= 0.3 is 0 Å². The van der Waals surface area contributed by atoms with Gasteiger partial charge in [0.15, 0.2) is 11.6 Å². The molecule has 1 atom stereocenters. The highest BCUT2D eigenvalue weighted by Gasteiger charge is 2.52. The van der Waals surface area contributed by atoms with Gasteiger partial charge < -0.3 is 0 Å². The van der Waals surface area contributed by atoms with Crippen molar-refractivity contribution in [1.29, 1.82) is 0 Å². The van der Waals surface area contributed by atoms with Crippen LogP contribution in [0.5, 0.6) is 0 Å². The maximum Gasteiger partial charge on any atom is 0.178 e. The van der Waals surface area contributed by atoms with E-state index in [1.165, 1.54) is 28.0 Å². The number of rotatable bonds is 4. The average Bonchev–Trinajstić information content (AvgIpc) is 3.25. The monoisotopic (exact) mass is 444 g/mol. The number of fused-ring (bicyclic) bond motifs is 5. The fourth-order valence-corrected chi connectivity index (χ4v) is 5.95. The highest BCUT2D eigenvalue weighted by Crippen LogP contribution is 2.58. The molecular formula is C30H28N4. The lowest BCUT2D eigenvalue weighted by Gasteiger charge is -2.49. The van der Waals surface area contributed by atoms with Gasteiger partial charge in [-0.05, 0) is 41.7 Å². The average molecular weight is 445 g/mol. The fraction of sp³-hybridized carbons (Fsp3) is 0.200. The fourth-order valence-electron chi connectivity index (χ4n) is 5.95. The van der Waals surface area contributed by atoms with Crippen molar-refractivity contribution in [2.75, 3.05) is 9.80 Å². The van der Waals surface area contributed by atoms with E-state index >= 15 is 0 Å². The Morgan fingerprint density at radius 3 is 1.97 bits per heavy atom. The van der Waals surface area contributed by atoms with Crippen molar-refractivity contribution in [3.05, 3.63) is 109 Å². The second-order valence-corrected chi connectivity index (χ2v) is 9.03. The van der Waals surface area contributed by atoms with E-state index in [1.807, 2.05) is 0 Å². The number of hydrogen-bond donors (Lipinski definition) is 0. The number of nitrogens with zero attached hydrogens (tertiary/aromatic N) is 4. The zero-order valence-electron chi connectivity index (χ0n) is 19.6. The van der Waals surface area contributed by atoms with E-state index in [9.17, 15) is 0 Å². The molecule has 0 saturated heterocycles. The second kappa shape index (κ2) is 7.84. The molecule has 3 heterocycles. The van der Waals surface area contributed by atoms with Crippen LogP contribution in [0.4, 0.5) is 23.0 Å². The van der Waals surface area contributed by atoms with Crippen LogP contribution in [0.15, 0.2) is 103 Å². The molecule has 4 aromatic rings. The van der Waals surface area contributed by atoms with Gasteiger partial charge in [0, 0.05) is 29.1 Å². The molecule has 34 heavy (non-hydrogen) atoms. The molecular weight excluding hydrogens is 416 g/mol. The second-order valence-electron chi connectivity index (χ2n) is 9.03. The van der Waals surface area contributed by atoms with Crippen molar-refractivity contribution in [2.24, 2.45) is 0 Å². The van der Waals surface area contributed by atoms with Gasteiger partial charge in [-0.1, -0.05) is 87.2 Å². The van der Waals surface area contributed by atoms with Gasteiger partial charge in [-0.25, -0.2) is 9.97 Å². The Hall–Kier alpha value is -3.92. The standard InChI is InChI=1S/C30H28N4/c1-4-30(5-2)21(3)29-33(25-17-11-9-15-23(25)22-13-7-6-8-14-22)27-28(32-20-19-31-27)34(29)26-18-12-10-16-24(26)30/h6-20,29H,3-5H2,1-2H3. The molecule has 0 bridgehead atoms. The van der Waals surface area contributed by atoms with Crippen LogP contribution in [0.2, 0.25) is 0 Å². The summed E-state index contributed by atoms with van der Waals surface area (Å²) in [5.74, 6) is 1.75. The molecule has 0 N–H and O–H groups in total. The molecule has 3 aromatic carbocycles. The minimum atomic E-state index is -0.111. The Kier molecular flexibility index (Phi) is 4.77. The molecule has 0 fully saturated rings. The van der Waals surface area contributed by atoms with Crippen molar-refractivity contribution in [3.63, 3.8) is 0 Å². The third-order valence-corrected chi connectivity index (χ3v) is 7.67. The first-order valence-electron chi connectivity index (χ1n) is 12.0. The largest absolute Gasteiger partial charge is 0.298 e. The molecule has 6 rings (SSSR count). The molecule has 0 spiro atoms. The number of anilines is 4. The molecule has 0 aliphatic carbocycles. The Morgan fingerprint density at radius 1 is 0.735 bits per heavy atom. The van der Waals surface area contributed by atoms with Crippen molar-refractivity contribution in [3.8, 4) is 11.1 Å². The number of aromatic nitrogens is 2. The van der Waals surface area contributed by atoms with Crippen LogP contribution in [0.3, 0.4) is 0 Å². The lowest BCUT2D eigenvalue weighted by atomic mass is 9.66. The van der Waals surface area contributed by atoms with E-state index in [-0.39, 0.29) is 11.6 Å². The molecule has 0 amide bonds. The normalized spacial score (nSPS) is 17.8. The SMILES string of the molecule is C=C1C2N(c3ccccc3-c3ccccc3)c3nccnc3N2c2ccccc2C1(CC)CC. The summed E-state index contributed by atoms with van der Waals surface area (Å²) in [5, 5.41) is 0. The minimum Gasteiger partial charge on any atom is -0.298 e. The quantitative estimate of drug-likeness (QED) is 0.307. The Morgan fingerprint density at radius 2 is 1.29 bits per heavy atom. The first-order chi connectivity index (χ1) is 16.7. The van der Waals surface area contributed by atoms with Crippen molar-refractivity contribution < 1.29 is 0 Å². The summed E-state index contributed by atoms with van der Waals surface area (Å²) in [5.41, 5.74) is 7.08. The van der Waals surface area contributed by atoms with E-state index in [1.54, 1.807) is 12.4 Å². The summed E-state index contributed by atoms with van der Waals surface area (Å²) in [6.07, 6.45) is 5.47. The van der Waals surface area contributed by atoms with Crippen molar-refractivity contribution >= 4 is 23.0 Å². The van der Waals surface area contributed by atoms with Gasteiger partial charge in [0.2, 0.25) is 0 Å². The third kappa shape index (κ3) is 2.72. The van der Waals surface area contributed by atoms with E-state index in [0.717, 1.165) is 30.2 Å². The summed E-state index contributed by atoms with van der Waals surface area (Å²) >= 11 is 0. The smallest absolute Gasteiger partial charge is 0.178 e. The highest BCUT2D eigenvalue weighted by molar-refractivity contribution is 5.92. The van der Waals surface area contributed by atoms with Gasteiger partial charge in [-0.3, -0.25) is 9.80 Å². The Balaban J connectivity index is 1.64. The van der Waals surface area contributed by atoms with E-state index < -0.39 is 0 Å². The zero-order chi connectivity index (χ0) is 23.3. The Labute approximate surface area is 201 Å². The molecule has 4 heteroatoms. The lowest BCUT2D eigenvalue weighted by Crippen LogP contribution is -2.50. The molecule has 168 valence electrons. The summed E-state index contributed by atoms with van der Waals surface area (Å²) < 4.78 is 0. The molecule has 2 aliphatic rings. The maximum absolute atomic E-state index is 4.86. The topological polar surface area (TPSA) is 32.3 Å². The van der Waals surface area contributed by atoms with Crippen molar-refractivity contribution in [1.82, 2.24) is 9.97 Å². The van der Waals surface area contributed by atoms with Crippen LogP contribution >= 0.6 is 0 Å². The van der Waals surface area contributed by atoms with Gasteiger partial charge in [-0.2, -0.15) is 0 Å². The molecule has 4 nitrogen and oxygen atoms in total. The van der Waals surface area contributed by atoms with Gasteiger partial charge in [0.05, 0.1) is 5.69 Å². The number of benzene rings is 3. The van der Waals surface area contributed by atoms with Gasteiger partial charge in [0.1, 0.15) is 6.17 Å². The van der Waals surface area contributed by atoms with E-state index in [2.05, 4.69) is 103 Å².